The molecule has 1 aliphatic rings. The zero-order valence-corrected chi connectivity index (χ0v) is 14.7. The van der Waals surface area contributed by atoms with Crippen LogP contribution in [-0.2, 0) is 16.1 Å². The number of aliphatic hydroxyl groups excluding tert-OH is 1. The minimum absolute atomic E-state index is 0.104. The van der Waals surface area contributed by atoms with Crippen molar-refractivity contribution in [1.82, 2.24) is 4.90 Å². The number of aliphatic hydroxyl groups is 1. The number of hydrogen-bond donors (Lipinski definition) is 2. The van der Waals surface area contributed by atoms with Crippen molar-refractivity contribution in [3.63, 3.8) is 0 Å². The molecule has 0 spiro atoms. The third-order valence-electron chi connectivity index (χ3n) is 4.37. The van der Waals surface area contributed by atoms with Crippen LogP contribution < -0.4 is 5.32 Å². The molecule has 0 aliphatic carbocycles. The number of benzene rings is 1. The highest BCUT2D eigenvalue weighted by molar-refractivity contribution is 5.92. The first-order chi connectivity index (χ1) is 11.7. The van der Waals surface area contributed by atoms with Gasteiger partial charge in [0.15, 0.2) is 0 Å². The Kier molecular flexibility index (Phi) is 8.22. The number of rotatable bonds is 9. The molecule has 1 aromatic rings. The quantitative estimate of drug-likeness (QED) is 0.682. The van der Waals surface area contributed by atoms with Crippen LogP contribution in [0.5, 0.6) is 0 Å². The Morgan fingerprint density at radius 3 is 2.79 bits per heavy atom. The first-order valence-electron chi connectivity index (χ1n) is 9.05. The second kappa shape index (κ2) is 10.4. The molecular weight excluding hydrogens is 304 g/mol. The molecule has 1 aromatic carbocycles. The molecule has 24 heavy (non-hydrogen) atoms. The van der Waals surface area contributed by atoms with Gasteiger partial charge in [-0.25, -0.2) is 0 Å². The summed E-state index contributed by atoms with van der Waals surface area (Å²) < 4.78 is 5.42. The third-order valence-corrected chi connectivity index (χ3v) is 4.37. The normalized spacial score (nSPS) is 16.2. The summed E-state index contributed by atoms with van der Waals surface area (Å²) in [6, 6.07) is 7.90. The molecule has 5 heteroatoms. The Labute approximate surface area is 145 Å². The monoisotopic (exact) mass is 334 g/mol. The molecule has 0 bridgehead atoms. The number of hydrogen-bond acceptors (Lipinski definition) is 4. The lowest BCUT2D eigenvalue weighted by molar-refractivity contribution is -0.120. The number of likely N-dealkylation sites (tertiary alicyclic amines) is 1. The molecule has 5 nitrogen and oxygen atoms in total. The van der Waals surface area contributed by atoms with E-state index in [9.17, 15) is 9.90 Å². The van der Waals surface area contributed by atoms with E-state index in [1.165, 1.54) is 0 Å². The number of nitrogens with zero attached hydrogens (tertiary/aromatic N) is 1. The Morgan fingerprint density at radius 2 is 2.04 bits per heavy atom. The van der Waals surface area contributed by atoms with Gasteiger partial charge in [-0.3, -0.25) is 9.69 Å². The number of carbonyl (C=O) groups is 1. The molecule has 1 fully saturated rings. The van der Waals surface area contributed by atoms with E-state index in [0.717, 1.165) is 63.0 Å². The average molecular weight is 334 g/mol. The van der Waals surface area contributed by atoms with E-state index < -0.39 is 0 Å². The molecule has 1 saturated heterocycles. The molecule has 2 N–H and O–H groups in total. The largest absolute Gasteiger partial charge is 0.393 e. The van der Waals surface area contributed by atoms with E-state index in [1.54, 1.807) is 0 Å². The van der Waals surface area contributed by atoms with Crippen LogP contribution in [0.1, 0.15) is 44.6 Å². The van der Waals surface area contributed by atoms with Crippen molar-refractivity contribution in [2.75, 3.05) is 31.6 Å². The summed E-state index contributed by atoms with van der Waals surface area (Å²) >= 11 is 0. The van der Waals surface area contributed by atoms with E-state index >= 15 is 0 Å². The van der Waals surface area contributed by atoms with E-state index in [0.29, 0.717) is 6.61 Å². The van der Waals surface area contributed by atoms with Crippen molar-refractivity contribution in [2.24, 2.45) is 0 Å². The lowest BCUT2D eigenvalue weighted by atomic mass is 10.1. The Hall–Kier alpha value is -1.43. The molecule has 2 rings (SSSR count). The lowest BCUT2D eigenvalue weighted by Gasteiger charge is -2.30. The number of unbranched alkanes of at least 4 members (excludes halogenated alkanes) is 2. The zero-order valence-electron chi connectivity index (χ0n) is 14.7. The number of ether oxygens (including phenoxy) is 1. The molecule has 0 saturated carbocycles. The SMILES string of the molecule is CCCCCOCC(=O)Nc1ccccc1CN1CCC(O)CC1. The molecule has 1 amide bonds. The molecule has 1 aliphatic heterocycles. The topological polar surface area (TPSA) is 61.8 Å². The van der Waals surface area contributed by atoms with Gasteiger partial charge in [-0.2, -0.15) is 0 Å². The van der Waals surface area contributed by atoms with Crippen LogP contribution in [0.4, 0.5) is 5.69 Å². The maximum absolute atomic E-state index is 12.0. The van der Waals surface area contributed by atoms with Crippen LogP contribution in [0.3, 0.4) is 0 Å². The Morgan fingerprint density at radius 1 is 1.29 bits per heavy atom. The smallest absolute Gasteiger partial charge is 0.250 e. The van der Waals surface area contributed by atoms with Crippen LogP contribution in [0.2, 0.25) is 0 Å². The minimum Gasteiger partial charge on any atom is -0.393 e. The minimum atomic E-state index is -0.166. The fraction of sp³-hybridized carbons (Fsp3) is 0.632. The van der Waals surface area contributed by atoms with E-state index in [4.69, 9.17) is 4.74 Å². The maximum Gasteiger partial charge on any atom is 0.250 e. The van der Waals surface area contributed by atoms with Gasteiger partial charge in [0.1, 0.15) is 6.61 Å². The van der Waals surface area contributed by atoms with Gasteiger partial charge in [-0.1, -0.05) is 38.0 Å². The number of carbonyl (C=O) groups excluding carboxylic acids is 1. The summed E-state index contributed by atoms with van der Waals surface area (Å²) in [7, 11) is 0. The Bertz CT molecular complexity index is 499. The van der Waals surface area contributed by atoms with Crippen LogP contribution >= 0.6 is 0 Å². The fourth-order valence-electron chi connectivity index (χ4n) is 2.90. The average Bonchev–Trinajstić information content (AvgIpc) is 2.58. The molecule has 0 radical (unpaired) electrons. The summed E-state index contributed by atoms with van der Waals surface area (Å²) in [5, 5.41) is 12.6. The van der Waals surface area contributed by atoms with Gasteiger partial charge < -0.3 is 15.2 Å². The van der Waals surface area contributed by atoms with Gasteiger partial charge in [0.05, 0.1) is 6.10 Å². The predicted octanol–water partition coefficient (Wildman–Crippen LogP) is 2.79. The standard InChI is InChI=1S/C19H30N2O3/c1-2-3-6-13-24-15-19(23)20-18-8-5-4-7-16(18)14-21-11-9-17(22)10-12-21/h4-5,7-8,17,22H,2-3,6,9-15H2,1H3,(H,20,23). The number of para-hydroxylation sites is 1. The first kappa shape index (κ1) is 18.9. The fourth-order valence-corrected chi connectivity index (χ4v) is 2.90. The Balaban J connectivity index is 1.81. The van der Waals surface area contributed by atoms with Crippen molar-refractivity contribution in [3.05, 3.63) is 29.8 Å². The van der Waals surface area contributed by atoms with Crippen LogP contribution in [0.25, 0.3) is 0 Å². The van der Waals surface area contributed by atoms with Crippen LogP contribution in [0.15, 0.2) is 24.3 Å². The highest BCUT2D eigenvalue weighted by atomic mass is 16.5. The summed E-state index contributed by atoms with van der Waals surface area (Å²) in [5.41, 5.74) is 1.96. The molecule has 0 unspecified atom stereocenters. The highest BCUT2D eigenvalue weighted by Gasteiger charge is 2.18. The zero-order chi connectivity index (χ0) is 17.2. The number of nitrogens with one attached hydrogen (secondary N) is 1. The van der Waals surface area contributed by atoms with E-state index in [2.05, 4.69) is 17.1 Å². The van der Waals surface area contributed by atoms with Crippen molar-refractivity contribution < 1.29 is 14.6 Å². The molecular formula is C19H30N2O3. The molecule has 0 atom stereocenters. The predicted molar refractivity (Wildman–Crippen MR) is 95.9 cm³/mol. The highest BCUT2D eigenvalue weighted by Crippen LogP contribution is 2.20. The van der Waals surface area contributed by atoms with Crippen molar-refractivity contribution in [3.8, 4) is 0 Å². The number of piperidine rings is 1. The van der Waals surface area contributed by atoms with E-state index in [-0.39, 0.29) is 18.6 Å². The van der Waals surface area contributed by atoms with Crippen LogP contribution in [0, 0.1) is 0 Å². The van der Waals surface area contributed by atoms with E-state index in [1.807, 2.05) is 24.3 Å². The van der Waals surface area contributed by atoms with Gasteiger partial charge in [-0.05, 0) is 30.9 Å². The van der Waals surface area contributed by atoms with Gasteiger partial charge in [0.25, 0.3) is 0 Å². The third kappa shape index (κ3) is 6.59. The summed E-state index contributed by atoms with van der Waals surface area (Å²) in [5.74, 6) is -0.104. The number of amides is 1. The number of anilines is 1. The first-order valence-corrected chi connectivity index (χ1v) is 9.05. The summed E-state index contributed by atoms with van der Waals surface area (Å²) in [6.45, 7) is 5.47. The molecule has 1 heterocycles. The van der Waals surface area contributed by atoms with Crippen molar-refractivity contribution in [2.45, 2.75) is 51.7 Å². The maximum atomic E-state index is 12.0. The van der Waals surface area contributed by atoms with Gasteiger partial charge >= 0.3 is 0 Å². The summed E-state index contributed by atoms with van der Waals surface area (Å²) in [6.07, 6.45) is 4.76. The van der Waals surface area contributed by atoms with Crippen molar-refractivity contribution in [1.29, 1.82) is 0 Å². The second-order valence-corrected chi connectivity index (χ2v) is 6.47. The van der Waals surface area contributed by atoms with Gasteiger partial charge in [0.2, 0.25) is 5.91 Å². The molecule has 134 valence electrons. The molecule has 0 aromatic heterocycles. The van der Waals surface area contributed by atoms with Crippen molar-refractivity contribution >= 4 is 11.6 Å². The second-order valence-electron chi connectivity index (χ2n) is 6.47. The van der Waals surface area contributed by atoms with Crippen LogP contribution in [-0.4, -0.2) is 48.3 Å². The van der Waals surface area contributed by atoms with Gasteiger partial charge in [-0.15, -0.1) is 0 Å². The lowest BCUT2D eigenvalue weighted by Crippen LogP contribution is -2.35. The van der Waals surface area contributed by atoms with Gasteiger partial charge in [0, 0.05) is 31.9 Å². The summed E-state index contributed by atoms with van der Waals surface area (Å²) in [4.78, 5) is 14.4.